The molecule has 1 aromatic rings. The molecule has 0 amide bonds. The number of Topliss-reactive ketones (excluding diaryl/α,β-unsaturated/α-hetero) is 1. The third-order valence-corrected chi connectivity index (χ3v) is 5.44. The zero-order valence-corrected chi connectivity index (χ0v) is 16.4. The quantitative estimate of drug-likeness (QED) is 0.169. The fourth-order valence-electron chi connectivity index (χ4n) is 3.82. The van der Waals surface area contributed by atoms with Crippen LogP contribution in [0.4, 0.5) is 0 Å². The van der Waals surface area contributed by atoms with Crippen molar-refractivity contribution < 1.29 is 9.63 Å². The summed E-state index contributed by atoms with van der Waals surface area (Å²) >= 11 is 0. The summed E-state index contributed by atoms with van der Waals surface area (Å²) in [7, 11) is 0. The number of nitrogens with zero attached hydrogens (tertiary/aromatic N) is 1. The molecule has 1 atom stereocenters. The summed E-state index contributed by atoms with van der Waals surface area (Å²) in [6.45, 7) is 0.349. The van der Waals surface area contributed by atoms with Gasteiger partial charge >= 0.3 is 0 Å². The number of unbranched alkanes of at least 4 members (excludes halogenated alkanes) is 2. The lowest BCUT2D eigenvalue weighted by molar-refractivity contribution is -0.119. The third kappa shape index (κ3) is 9.50. The normalized spacial score (nSPS) is 15.9. The summed E-state index contributed by atoms with van der Waals surface area (Å²) in [4.78, 5) is 26.7. The van der Waals surface area contributed by atoms with Crippen LogP contribution < -0.4 is 0 Å². The average molecular weight is 372 g/mol. The second-order valence-corrected chi connectivity index (χ2v) is 7.68. The summed E-state index contributed by atoms with van der Waals surface area (Å²) in [6, 6.07) is 10.5. The Balaban J connectivity index is 1.77. The highest BCUT2D eigenvalue weighted by atomic mass is 16.7. The molecule has 1 aliphatic carbocycles. The van der Waals surface area contributed by atoms with Gasteiger partial charge in [0.05, 0.1) is 0 Å². The summed E-state index contributed by atoms with van der Waals surface area (Å²) in [5, 5.41) is 2.38. The Morgan fingerprint density at radius 1 is 1.15 bits per heavy atom. The maximum atomic E-state index is 12.4. The van der Waals surface area contributed by atoms with Gasteiger partial charge in [0.1, 0.15) is 12.4 Å². The summed E-state index contributed by atoms with van der Waals surface area (Å²) < 4.78 is 0. The van der Waals surface area contributed by atoms with E-state index in [0.29, 0.717) is 37.1 Å². The monoisotopic (exact) mass is 371 g/mol. The highest BCUT2D eigenvalue weighted by Crippen LogP contribution is 2.27. The van der Waals surface area contributed by atoms with E-state index in [9.17, 15) is 9.70 Å². The molecule has 1 aromatic carbocycles. The standard InChI is InChI=1S/C23H33NO3/c25-23(13-5-2-8-18-27-24-26)19-22(17-15-21-11-6-7-12-21)16-14-20-9-3-1-4-10-20/h1,3-4,9-10,15,17,21-22H,2,5-8,11-14,16,18-19H2/b17-15+/t22-/m0/s1. The van der Waals surface area contributed by atoms with Crippen molar-refractivity contribution in [3.8, 4) is 0 Å². The van der Waals surface area contributed by atoms with Crippen LogP contribution >= 0.6 is 0 Å². The lowest BCUT2D eigenvalue weighted by Gasteiger charge is -2.13. The SMILES string of the molecule is O=NOCCCCCC(=O)C[C@H](/C=C/C1CCCC1)CCc1ccccc1. The highest BCUT2D eigenvalue weighted by molar-refractivity contribution is 5.78. The molecule has 1 aliphatic rings. The van der Waals surface area contributed by atoms with Gasteiger partial charge in [0.2, 0.25) is 0 Å². The highest BCUT2D eigenvalue weighted by Gasteiger charge is 2.15. The van der Waals surface area contributed by atoms with Crippen molar-refractivity contribution in [3.05, 3.63) is 53.0 Å². The average Bonchev–Trinajstić information content (AvgIpc) is 3.21. The smallest absolute Gasteiger partial charge is 0.155 e. The first-order chi connectivity index (χ1) is 13.3. The van der Waals surface area contributed by atoms with Crippen LogP contribution in [0.1, 0.15) is 69.8 Å². The van der Waals surface area contributed by atoms with Gasteiger partial charge in [-0.15, -0.1) is 4.91 Å². The minimum Gasteiger partial charge on any atom is -0.364 e. The maximum Gasteiger partial charge on any atom is 0.155 e. The molecular weight excluding hydrogens is 338 g/mol. The predicted molar refractivity (Wildman–Crippen MR) is 109 cm³/mol. The minimum absolute atomic E-state index is 0.334. The summed E-state index contributed by atoms with van der Waals surface area (Å²) in [6.07, 6.45) is 15.8. The zero-order valence-electron chi connectivity index (χ0n) is 16.4. The second-order valence-electron chi connectivity index (χ2n) is 7.68. The molecule has 0 spiro atoms. The van der Waals surface area contributed by atoms with E-state index in [1.807, 2.05) is 6.07 Å². The van der Waals surface area contributed by atoms with Gasteiger partial charge in [-0.3, -0.25) is 4.79 Å². The van der Waals surface area contributed by atoms with Gasteiger partial charge in [-0.1, -0.05) is 55.3 Å². The van der Waals surface area contributed by atoms with Gasteiger partial charge in [-0.05, 0) is 62.3 Å². The molecule has 0 unspecified atom stereocenters. The predicted octanol–water partition coefficient (Wildman–Crippen LogP) is 6.20. The largest absolute Gasteiger partial charge is 0.364 e. The van der Waals surface area contributed by atoms with E-state index in [0.717, 1.165) is 32.1 Å². The molecule has 148 valence electrons. The molecule has 0 heterocycles. The molecule has 0 bridgehead atoms. The van der Waals surface area contributed by atoms with Gasteiger partial charge < -0.3 is 4.84 Å². The van der Waals surface area contributed by atoms with Crippen molar-refractivity contribution in [2.45, 2.75) is 70.6 Å². The fourth-order valence-corrected chi connectivity index (χ4v) is 3.82. The number of aryl methyl sites for hydroxylation is 1. The Morgan fingerprint density at radius 3 is 2.67 bits per heavy atom. The van der Waals surface area contributed by atoms with Crippen LogP contribution in [0.25, 0.3) is 0 Å². The van der Waals surface area contributed by atoms with Crippen LogP contribution in [0.2, 0.25) is 0 Å². The number of hydrogen-bond donors (Lipinski definition) is 0. The van der Waals surface area contributed by atoms with Gasteiger partial charge in [-0.25, -0.2) is 0 Å². The Labute approximate surface area is 163 Å². The first kappa shape index (κ1) is 21.3. The molecule has 0 aliphatic heterocycles. The van der Waals surface area contributed by atoms with E-state index < -0.39 is 0 Å². The van der Waals surface area contributed by atoms with E-state index in [2.05, 4.69) is 46.6 Å². The zero-order chi connectivity index (χ0) is 19.2. The number of allylic oxidation sites excluding steroid dienone is 2. The second kappa shape index (κ2) is 13.2. The Kier molecular flexibility index (Phi) is 10.5. The molecule has 1 saturated carbocycles. The van der Waals surface area contributed by atoms with Crippen LogP contribution in [-0.2, 0) is 16.1 Å². The number of ketones is 1. The number of benzene rings is 1. The lowest BCUT2D eigenvalue weighted by Crippen LogP contribution is -2.08. The Morgan fingerprint density at radius 2 is 1.93 bits per heavy atom. The maximum absolute atomic E-state index is 12.4. The van der Waals surface area contributed by atoms with Gasteiger partial charge in [0.15, 0.2) is 5.34 Å². The number of carbonyl (C=O) groups excluding carboxylic acids is 1. The minimum atomic E-state index is 0.334. The molecule has 4 heteroatoms. The fraction of sp³-hybridized carbons (Fsp3) is 0.609. The Bertz CT molecular complexity index is 564. The molecular formula is C23H33NO3. The number of hydrogen-bond acceptors (Lipinski definition) is 4. The van der Waals surface area contributed by atoms with Crippen LogP contribution in [-0.4, -0.2) is 12.4 Å². The van der Waals surface area contributed by atoms with E-state index in [1.54, 1.807) is 0 Å². The number of rotatable bonds is 14. The molecule has 27 heavy (non-hydrogen) atoms. The molecule has 0 radical (unpaired) electrons. The van der Waals surface area contributed by atoms with Crippen molar-refractivity contribution >= 4 is 5.78 Å². The molecule has 0 N–H and O–H groups in total. The molecule has 0 saturated heterocycles. The number of carbonyl (C=O) groups is 1. The molecule has 4 nitrogen and oxygen atoms in total. The van der Waals surface area contributed by atoms with Crippen molar-refractivity contribution in [2.24, 2.45) is 17.2 Å². The van der Waals surface area contributed by atoms with Gasteiger partial charge in [0.25, 0.3) is 0 Å². The molecule has 0 aromatic heterocycles. The van der Waals surface area contributed by atoms with Crippen LogP contribution in [0, 0.1) is 16.7 Å². The van der Waals surface area contributed by atoms with Gasteiger partial charge in [0, 0.05) is 12.8 Å². The summed E-state index contributed by atoms with van der Waals surface area (Å²) in [5.41, 5.74) is 1.34. The molecule has 1 fully saturated rings. The van der Waals surface area contributed by atoms with Crippen LogP contribution in [0.15, 0.2) is 47.8 Å². The van der Waals surface area contributed by atoms with E-state index in [-0.39, 0.29) is 0 Å². The van der Waals surface area contributed by atoms with Crippen molar-refractivity contribution in [2.75, 3.05) is 6.61 Å². The van der Waals surface area contributed by atoms with Crippen molar-refractivity contribution in [1.82, 2.24) is 0 Å². The van der Waals surface area contributed by atoms with E-state index in [4.69, 9.17) is 0 Å². The van der Waals surface area contributed by atoms with Crippen LogP contribution in [0.3, 0.4) is 0 Å². The first-order valence-corrected chi connectivity index (χ1v) is 10.5. The third-order valence-electron chi connectivity index (χ3n) is 5.44. The first-order valence-electron chi connectivity index (χ1n) is 10.5. The summed E-state index contributed by atoms with van der Waals surface area (Å²) in [5.74, 6) is 1.39. The Hall–Kier alpha value is -1.97. The van der Waals surface area contributed by atoms with E-state index in [1.165, 1.54) is 31.2 Å². The van der Waals surface area contributed by atoms with Crippen molar-refractivity contribution in [1.29, 1.82) is 0 Å². The van der Waals surface area contributed by atoms with Gasteiger partial charge in [-0.2, -0.15) is 0 Å². The molecule has 2 rings (SSSR count). The topological polar surface area (TPSA) is 55.7 Å². The van der Waals surface area contributed by atoms with Crippen LogP contribution in [0.5, 0.6) is 0 Å². The van der Waals surface area contributed by atoms with Crippen molar-refractivity contribution in [3.63, 3.8) is 0 Å². The van der Waals surface area contributed by atoms with E-state index >= 15 is 0 Å². The lowest BCUT2D eigenvalue weighted by atomic mass is 9.91.